The molecule has 0 amide bonds. The lowest BCUT2D eigenvalue weighted by atomic mass is 10.2. The zero-order valence-electron chi connectivity index (χ0n) is 8.38. The minimum atomic E-state index is -0.989. The molecule has 2 aromatic rings. The fourth-order valence-electron chi connectivity index (χ4n) is 1.30. The van der Waals surface area contributed by atoms with Crippen molar-refractivity contribution in [1.29, 1.82) is 0 Å². The molecule has 0 aromatic carbocycles. The Bertz CT molecular complexity index is 594. The van der Waals surface area contributed by atoms with E-state index < -0.39 is 5.97 Å². The summed E-state index contributed by atoms with van der Waals surface area (Å²) in [5, 5.41) is 9.07. The molecule has 0 aliphatic heterocycles. The molecule has 0 atom stereocenters. The maximum Gasteiger partial charge on any atom is 0.345 e. The number of carboxylic acid groups (broad SMARTS) is 1. The first-order chi connectivity index (χ1) is 8.11. The number of nitrogens with zero attached hydrogens (tertiary/aromatic N) is 1. The van der Waals surface area contributed by atoms with Crippen molar-refractivity contribution < 1.29 is 14.7 Å². The highest BCUT2D eigenvalue weighted by molar-refractivity contribution is 7.17. The number of pyridine rings is 1. The van der Waals surface area contributed by atoms with E-state index in [-0.39, 0.29) is 10.0 Å². The van der Waals surface area contributed by atoms with Crippen molar-refractivity contribution in [3.8, 4) is 10.4 Å². The highest BCUT2D eigenvalue weighted by Crippen LogP contribution is 2.32. The summed E-state index contributed by atoms with van der Waals surface area (Å²) in [6, 6.07) is 4.72. The molecule has 2 rings (SSSR count). The van der Waals surface area contributed by atoms with Crippen molar-refractivity contribution in [2.75, 3.05) is 0 Å². The van der Waals surface area contributed by atoms with E-state index in [1.807, 2.05) is 0 Å². The van der Waals surface area contributed by atoms with Crippen molar-refractivity contribution in [2.45, 2.75) is 0 Å². The highest BCUT2D eigenvalue weighted by atomic mass is 35.5. The molecule has 0 fully saturated rings. The monoisotopic (exact) mass is 267 g/mol. The first kappa shape index (κ1) is 11.8. The van der Waals surface area contributed by atoms with Gasteiger partial charge in [-0.25, -0.2) is 9.78 Å². The minimum absolute atomic E-state index is 0.215. The largest absolute Gasteiger partial charge is 0.477 e. The van der Waals surface area contributed by atoms with Gasteiger partial charge in [0.05, 0.1) is 0 Å². The summed E-state index contributed by atoms with van der Waals surface area (Å²) in [5.41, 5.74) is 0.962. The highest BCUT2D eigenvalue weighted by Gasteiger charge is 2.12. The van der Waals surface area contributed by atoms with Gasteiger partial charge in [-0.3, -0.25) is 4.79 Å². The summed E-state index contributed by atoms with van der Waals surface area (Å²) in [7, 11) is 0. The van der Waals surface area contributed by atoms with Crippen LogP contribution in [0.25, 0.3) is 10.4 Å². The predicted octanol–water partition coefficient (Wildman–Crippen LogP) is 2.97. The SMILES string of the molecule is O=Cc1cnc(Cl)c(-c2ccc(C(=O)O)s2)c1. The number of aldehydes is 1. The molecule has 0 aliphatic rings. The van der Waals surface area contributed by atoms with Gasteiger partial charge in [-0.1, -0.05) is 11.6 Å². The zero-order valence-corrected chi connectivity index (χ0v) is 9.96. The van der Waals surface area contributed by atoms with Gasteiger partial charge in [0.2, 0.25) is 0 Å². The average Bonchev–Trinajstić information content (AvgIpc) is 2.79. The molecule has 0 spiro atoms. The van der Waals surface area contributed by atoms with Gasteiger partial charge in [-0.15, -0.1) is 11.3 Å². The van der Waals surface area contributed by atoms with E-state index in [0.29, 0.717) is 22.3 Å². The van der Waals surface area contributed by atoms with Crippen LogP contribution < -0.4 is 0 Å². The van der Waals surface area contributed by atoms with Crippen LogP contribution in [0.4, 0.5) is 0 Å². The fraction of sp³-hybridized carbons (Fsp3) is 0. The molecule has 2 aromatic heterocycles. The van der Waals surface area contributed by atoms with Crippen LogP contribution in [0.1, 0.15) is 20.0 Å². The molecule has 1 N–H and O–H groups in total. The number of carboxylic acids is 1. The van der Waals surface area contributed by atoms with E-state index in [9.17, 15) is 9.59 Å². The van der Waals surface area contributed by atoms with Crippen LogP contribution in [0.3, 0.4) is 0 Å². The standard InChI is InChI=1S/C11H6ClNO3S/c12-10-7(3-6(5-14)4-13-10)8-1-2-9(17-8)11(15)16/h1-5H,(H,15,16). The molecule has 6 heteroatoms. The van der Waals surface area contributed by atoms with E-state index in [1.54, 1.807) is 12.1 Å². The summed E-state index contributed by atoms with van der Waals surface area (Å²) in [6.45, 7) is 0. The second-order valence-corrected chi connectivity index (χ2v) is 4.64. The van der Waals surface area contributed by atoms with Crippen molar-refractivity contribution >= 4 is 35.2 Å². The number of aromatic carboxylic acids is 1. The third-order valence-electron chi connectivity index (χ3n) is 2.08. The molecular weight excluding hydrogens is 262 g/mol. The average molecular weight is 268 g/mol. The van der Waals surface area contributed by atoms with E-state index in [0.717, 1.165) is 11.3 Å². The topological polar surface area (TPSA) is 67.3 Å². The Labute approximate surface area is 105 Å². The zero-order chi connectivity index (χ0) is 12.4. The number of carbonyl (C=O) groups is 2. The van der Waals surface area contributed by atoms with Gasteiger partial charge in [-0.05, 0) is 18.2 Å². The molecule has 4 nitrogen and oxygen atoms in total. The number of thiophene rings is 1. The normalized spacial score (nSPS) is 10.2. The van der Waals surface area contributed by atoms with Gasteiger partial charge in [0.25, 0.3) is 0 Å². The third-order valence-corrected chi connectivity index (χ3v) is 3.49. The molecule has 0 saturated carbocycles. The Hall–Kier alpha value is -1.72. The van der Waals surface area contributed by atoms with E-state index in [1.165, 1.54) is 12.3 Å². The first-order valence-electron chi connectivity index (χ1n) is 4.56. The molecule has 0 bridgehead atoms. The molecule has 0 radical (unpaired) electrons. The lowest BCUT2D eigenvalue weighted by Crippen LogP contribution is -1.89. The van der Waals surface area contributed by atoms with Crippen LogP contribution in [-0.2, 0) is 0 Å². The van der Waals surface area contributed by atoms with Gasteiger partial charge in [0.15, 0.2) is 6.29 Å². The lowest BCUT2D eigenvalue weighted by molar-refractivity contribution is 0.0702. The number of aromatic nitrogens is 1. The Morgan fingerprint density at radius 2 is 2.24 bits per heavy atom. The molecular formula is C11H6ClNO3S. The van der Waals surface area contributed by atoms with Crippen LogP contribution in [0, 0.1) is 0 Å². The van der Waals surface area contributed by atoms with E-state index in [2.05, 4.69) is 4.98 Å². The summed E-state index contributed by atoms with van der Waals surface area (Å²) < 4.78 is 0. The predicted molar refractivity (Wildman–Crippen MR) is 64.9 cm³/mol. The van der Waals surface area contributed by atoms with Crippen molar-refractivity contribution in [3.63, 3.8) is 0 Å². The second-order valence-electron chi connectivity index (χ2n) is 3.19. The Kier molecular flexibility index (Phi) is 3.21. The van der Waals surface area contributed by atoms with Gasteiger partial charge in [0, 0.05) is 22.2 Å². The Morgan fingerprint density at radius 1 is 1.47 bits per heavy atom. The molecule has 0 unspecified atom stereocenters. The number of hydrogen-bond acceptors (Lipinski definition) is 4. The van der Waals surface area contributed by atoms with Gasteiger partial charge >= 0.3 is 5.97 Å². The Morgan fingerprint density at radius 3 is 2.82 bits per heavy atom. The number of rotatable bonds is 3. The summed E-state index contributed by atoms with van der Waals surface area (Å²) in [5.74, 6) is -0.989. The van der Waals surface area contributed by atoms with Gasteiger partial charge < -0.3 is 5.11 Å². The number of halogens is 1. The summed E-state index contributed by atoms with van der Waals surface area (Å²) >= 11 is 7.00. The molecule has 0 saturated heterocycles. The molecule has 2 heterocycles. The van der Waals surface area contributed by atoms with Crippen molar-refractivity contribution in [3.05, 3.63) is 40.0 Å². The number of carbonyl (C=O) groups excluding carboxylic acids is 1. The second kappa shape index (κ2) is 4.65. The summed E-state index contributed by atoms with van der Waals surface area (Å²) in [6.07, 6.45) is 2.03. The maximum absolute atomic E-state index is 10.8. The van der Waals surface area contributed by atoms with Gasteiger partial charge in [0.1, 0.15) is 10.0 Å². The smallest absolute Gasteiger partial charge is 0.345 e. The van der Waals surface area contributed by atoms with Crippen LogP contribution in [0.15, 0.2) is 24.4 Å². The molecule has 0 aliphatic carbocycles. The fourth-order valence-corrected chi connectivity index (χ4v) is 2.42. The van der Waals surface area contributed by atoms with E-state index in [4.69, 9.17) is 16.7 Å². The first-order valence-corrected chi connectivity index (χ1v) is 5.75. The maximum atomic E-state index is 10.8. The van der Waals surface area contributed by atoms with E-state index >= 15 is 0 Å². The molecule has 86 valence electrons. The van der Waals surface area contributed by atoms with Gasteiger partial charge in [-0.2, -0.15) is 0 Å². The van der Waals surface area contributed by atoms with Crippen LogP contribution >= 0.6 is 22.9 Å². The molecule has 17 heavy (non-hydrogen) atoms. The summed E-state index contributed by atoms with van der Waals surface area (Å²) in [4.78, 5) is 26.2. The number of hydrogen-bond donors (Lipinski definition) is 1. The van der Waals surface area contributed by atoms with Crippen LogP contribution in [0.5, 0.6) is 0 Å². The lowest BCUT2D eigenvalue weighted by Gasteiger charge is -2.00. The van der Waals surface area contributed by atoms with Crippen molar-refractivity contribution in [1.82, 2.24) is 4.98 Å². The quantitative estimate of drug-likeness (QED) is 0.686. The minimum Gasteiger partial charge on any atom is -0.477 e. The van der Waals surface area contributed by atoms with Crippen LogP contribution in [0.2, 0.25) is 5.15 Å². The Balaban J connectivity index is 2.51. The van der Waals surface area contributed by atoms with Crippen LogP contribution in [-0.4, -0.2) is 22.3 Å². The third kappa shape index (κ3) is 2.35. The van der Waals surface area contributed by atoms with Crippen molar-refractivity contribution in [2.24, 2.45) is 0 Å².